The molecule has 1 aliphatic heterocycles. The third-order valence-electron chi connectivity index (χ3n) is 1.89. The Kier molecular flexibility index (Phi) is 2.19. The molecule has 0 spiro atoms. The van der Waals surface area contributed by atoms with Crippen LogP contribution in [0.4, 0.5) is 0 Å². The van der Waals surface area contributed by atoms with E-state index in [1.54, 1.807) is 0 Å². The monoisotopic (exact) mass is 169 g/mol. The molecule has 1 heterocycles. The average molecular weight is 169 g/mol. The van der Waals surface area contributed by atoms with Gasteiger partial charge in [-0.3, -0.25) is 4.99 Å². The third-order valence-corrected chi connectivity index (χ3v) is 1.89. The molecule has 1 rings (SSSR count). The number of ether oxygens (including phenoxy) is 1. The molecule has 0 aromatic rings. The van der Waals surface area contributed by atoms with E-state index in [4.69, 9.17) is 4.74 Å². The molecule has 0 N–H and O–H groups in total. The SMILES string of the molecule is CC1(C)CN=C(C(C)(C)C)OC1. The van der Waals surface area contributed by atoms with Gasteiger partial charge in [-0.2, -0.15) is 0 Å². The first-order chi connectivity index (χ1) is 5.31. The fraction of sp³-hybridized carbons (Fsp3) is 0.900. The van der Waals surface area contributed by atoms with Gasteiger partial charge in [0.15, 0.2) is 5.90 Å². The molecule has 0 saturated carbocycles. The summed E-state index contributed by atoms with van der Waals surface area (Å²) in [6.45, 7) is 12.4. The van der Waals surface area contributed by atoms with E-state index in [-0.39, 0.29) is 10.8 Å². The van der Waals surface area contributed by atoms with Crippen molar-refractivity contribution < 1.29 is 4.74 Å². The maximum atomic E-state index is 5.61. The van der Waals surface area contributed by atoms with Crippen molar-refractivity contribution in [3.63, 3.8) is 0 Å². The topological polar surface area (TPSA) is 21.6 Å². The van der Waals surface area contributed by atoms with Gasteiger partial charge in [-0.1, -0.05) is 34.6 Å². The van der Waals surface area contributed by atoms with Crippen molar-refractivity contribution in [3.05, 3.63) is 0 Å². The summed E-state index contributed by atoms with van der Waals surface area (Å²) in [7, 11) is 0. The Morgan fingerprint density at radius 1 is 1.33 bits per heavy atom. The Morgan fingerprint density at radius 3 is 2.25 bits per heavy atom. The van der Waals surface area contributed by atoms with Crippen LogP contribution < -0.4 is 0 Å². The molecule has 12 heavy (non-hydrogen) atoms. The zero-order chi connectivity index (χ0) is 9.41. The molecule has 0 saturated heterocycles. The molecule has 0 radical (unpaired) electrons. The van der Waals surface area contributed by atoms with Crippen molar-refractivity contribution in [2.24, 2.45) is 15.8 Å². The largest absolute Gasteiger partial charge is 0.480 e. The summed E-state index contributed by atoms with van der Waals surface area (Å²) in [4.78, 5) is 4.45. The maximum absolute atomic E-state index is 5.61. The highest BCUT2D eigenvalue weighted by molar-refractivity contribution is 5.82. The lowest BCUT2D eigenvalue weighted by atomic mass is 9.91. The highest BCUT2D eigenvalue weighted by Crippen LogP contribution is 2.26. The molecular weight excluding hydrogens is 150 g/mol. The Morgan fingerprint density at radius 2 is 1.92 bits per heavy atom. The first-order valence-electron chi connectivity index (χ1n) is 4.49. The van der Waals surface area contributed by atoms with Gasteiger partial charge in [0.2, 0.25) is 0 Å². The van der Waals surface area contributed by atoms with Crippen LogP contribution in [0.5, 0.6) is 0 Å². The van der Waals surface area contributed by atoms with E-state index in [1.165, 1.54) is 0 Å². The molecule has 70 valence electrons. The Balaban J connectivity index is 2.69. The average Bonchev–Trinajstić information content (AvgIpc) is 1.83. The van der Waals surface area contributed by atoms with E-state index >= 15 is 0 Å². The van der Waals surface area contributed by atoms with Gasteiger partial charge in [-0.05, 0) is 0 Å². The standard InChI is InChI=1S/C10H19NO/c1-9(2,3)8-11-6-10(4,5)7-12-8/h6-7H2,1-5H3. The maximum Gasteiger partial charge on any atom is 0.188 e. The third kappa shape index (κ3) is 2.23. The van der Waals surface area contributed by atoms with Crippen LogP contribution in [0.3, 0.4) is 0 Å². The van der Waals surface area contributed by atoms with Crippen molar-refractivity contribution >= 4 is 5.90 Å². The van der Waals surface area contributed by atoms with Gasteiger partial charge in [0.1, 0.15) is 0 Å². The van der Waals surface area contributed by atoms with Crippen molar-refractivity contribution in [1.29, 1.82) is 0 Å². The van der Waals surface area contributed by atoms with Crippen LogP contribution >= 0.6 is 0 Å². The van der Waals surface area contributed by atoms with Crippen LogP contribution in [0.15, 0.2) is 4.99 Å². The van der Waals surface area contributed by atoms with Gasteiger partial charge in [0.25, 0.3) is 0 Å². The van der Waals surface area contributed by atoms with E-state index in [2.05, 4.69) is 39.6 Å². The Hall–Kier alpha value is -0.530. The number of nitrogens with zero attached hydrogens (tertiary/aromatic N) is 1. The summed E-state index contributed by atoms with van der Waals surface area (Å²) in [6, 6.07) is 0. The molecular formula is C10H19NO. The molecule has 0 atom stereocenters. The molecule has 2 nitrogen and oxygen atoms in total. The minimum Gasteiger partial charge on any atom is -0.480 e. The summed E-state index contributed by atoms with van der Waals surface area (Å²) < 4.78 is 5.61. The molecule has 0 aromatic heterocycles. The molecule has 0 fully saturated rings. The second-order valence-corrected chi connectivity index (χ2v) is 5.32. The minimum absolute atomic E-state index is 0.0660. The quantitative estimate of drug-likeness (QED) is 0.546. The molecule has 0 unspecified atom stereocenters. The summed E-state index contributed by atoms with van der Waals surface area (Å²) in [5.41, 5.74) is 0.283. The fourth-order valence-electron chi connectivity index (χ4n) is 1.09. The lowest BCUT2D eigenvalue weighted by Gasteiger charge is -2.32. The van der Waals surface area contributed by atoms with Gasteiger partial charge >= 0.3 is 0 Å². The second kappa shape index (κ2) is 2.75. The first-order valence-corrected chi connectivity index (χ1v) is 4.49. The van der Waals surface area contributed by atoms with E-state index in [9.17, 15) is 0 Å². The lowest BCUT2D eigenvalue weighted by molar-refractivity contribution is 0.137. The van der Waals surface area contributed by atoms with Gasteiger partial charge < -0.3 is 4.74 Å². The van der Waals surface area contributed by atoms with E-state index < -0.39 is 0 Å². The van der Waals surface area contributed by atoms with Gasteiger partial charge in [0.05, 0.1) is 13.2 Å². The van der Waals surface area contributed by atoms with Crippen LogP contribution in [0.2, 0.25) is 0 Å². The molecule has 2 heteroatoms. The van der Waals surface area contributed by atoms with Crippen LogP contribution in [0.1, 0.15) is 34.6 Å². The number of aliphatic imine (C=N–C) groups is 1. The highest BCUT2D eigenvalue weighted by Gasteiger charge is 2.29. The molecule has 1 aliphatic rings. The van der Waals surface area contributed by atoms with Crippen LogP contribution in [-0.2, 0) is 4.74 Å². The molecule has 0 aromatic carbocycles. The van der Waals surface area contributed by atoms with Gasteiger partial charge in [0, 0.05) is 10.8 Å². The Labute approximate surface area is 75.0 Å². The minimum atomic E-state index is 0.0660. The predicted molar refractivity (Wildman–Crippen MR) is 51.5 cm³/mol. The molecule has 0 amide bonds. The highest BCUT2D eigenvalue weighted by atomic mass is 16.5. The number of hydrogen-bond acceptors (Lipinski definition) is 2. The van der Waals surface area contributed by atoms with Crippen LogP contribution in [0, 0.1) is 10.8 Å². The summed E-state index contributed by atoms with van der Waals surface area (Å²) in [6.07, 6.45) is 0. The predicted octanol–water partition coefficient (Wildman–Crippen LogP) is 2.49. The number of rotatable bonds is 0. The fourth-order valence-corrected chi connectivity index (χ4v) is 1.09. The Bertz CT molecular complexity index is 198. The van der Waals surface area contributed by atoms with Gasteiger partial charge in [-0.25, -0.2) is 0 Å². The van der Waals surface area contributed by atoms with Crippen molar-refractivity contribution in [3.8, 4) is 0 Å². The van der Waals surface area contributed by atoms with E-state index in [1.807, 2.05) is 0 Å². The smallest absolute Gasteiger partial charge is 0.188 e. The number of hydrogen-bond donors (Lipinski definition) is 0. The van der Waals surface area contributed by atoms with Crippen molar-refractivity contribution in [2.75, 3.05) is 13.2 Å². The van der Waals surface area contributed by atoms with Gasteiger partial charge in [-0.15, -0.1) is 0 Å². The molecule has 0 aliphatic carbocycles. The summed E-state index contributed by atoms with van der Waals surface area (Å²) in [5.74, 6) is 0.904. The zero-order valence-corrected chi connectivity index (χ0v) is 8.77. The van der Waals surface area contributed by atoms with Crippen LogP contribution in [0.25, 0.3) is 0 Å². The zero-order valence-electron chi connectivity index (χ0n) is 8.77. The molecule has 0 bridgehead atoms. The first kappa shape index (κ1) is 9.56. The summed E-state index contributed by atoms with van der Waals surface area (Å²) >= 11 is 0. The van der Waals surface area contributed by atoms with Crippen molar-refractivity contribution in [2.45, 2.75) is 34.6 Å². The summed E-state index contributed by atoms with van der Waals surface area (Å²) in [5, 5.41) is 0. The normalized spacial score (nSPS) is 22.9. The van der Waals surface area contributed by atoms with Crippen molar-refractivity contribution in [1.82, 2.24) is 0 Å². The van der Waals surface area contributed by atoms with Crippen LogP contribution in [-0.4, -0.2) is 19.0 Å². The second-order valence-electron chi connectivity index (χ2n) is 5.32. The van der Waals surface area contributed by atoms with E-state index in [0.29, 0.717) is 0 Å². The lowest BCUT2D eigenvalue weighted by Crippen LogP contribution is -2.35. The van der Waals surface area contributed by atoms with E-state index in [0.717, 1.165) is 19.0 Å².